The maximum atomic E-state index is 13.3. The van der Waals surface area contributed by atoms with Crippen LogP contribution in [0, 0.1) is 6.92 Å². The number of carbonyl (C=O) groups excluding carboxylic acids is 1. The first-order valence-electron chi connectivity index (χ1n) is 9.47. The van der Waals surface area contributed by atoms with Gasteiger partial charge in [-0.15, -0.1) is 5.10 Å². The average Bonchev–Trinajstić information content (AvgIpc) is 3.14. The zero-order chi connectivity index (χ0) is 20.6. The Bertz CT molecular complexity index is 1090. The Balaban J connectivity index is 1.60. The second-order valence-electron chi connectivity index (χ2n) is 7.73. The Morgan fingerprint density at radius 2 is 1.86 bits per heavy atom. The van der Waals surface area contributed by atoms with Crippen LogP contribution in [0.1, 0.15) is 31.9 Å². The normalized spacial score (nSPS) is 15.0. The van der Waals surface area contributed by atoms with Gasteiger partial charge in [0.15, 0.2) is 0 Å². The number of tetrazole rings is 1. The van der Waals surface area contributed by atoms with Crippen LogP contribution in [0.25, 0.3) is 11.3 Å². The van der Waals surface area contributed by atoms with Crippen LogP contribution < -0.4 is 4.90 Å². The predicted molar refractivity (Wildman–Crippen MR) is 116 cm³/mol. The van der Waals surface area contributed by atoms with Crippen molar-refractivity contribution in [2.24, 2.45) is 0 Å². The van der Waals surface area contributed by atoms with E-state index in [0.717, 1.165) is 22.5 Å². The summed E-state index contributed by atoms with van der Waals surface area (Å²) in [7, 11) is 0. The summed E-state index contributed by atoms with van der Waals surface area (Å²) in [5.41, 5.74) is 4.84. The highest BCUT2D eigenvalue weighted by molar-refractivity contribution is 7.99. The van der Waals surface area contributed by atoms with E-state index in [2.05, 4.69) is 60.6 Å². The van der Waals surface area contributed by atoms with Crippen LogP contribution in [0.5, 0.6) is 0 Å². The maximum absolute atomic E-state index is 13.3. The number of benzene rings is 2. The molecule has 7 heteroatoms. The number of aryl methyl sites for hydroxylation is 1. The number of nitrogens with zero attached hydrogens (tertiary/aromatic N) is 5. The molecule has 6 nitrogen and oxygen atoms in total. The Morgan fingerprint density at radius 1 is 1.10 bits per heavy atom. The minimum atomic E-state index is -0.409. The lowest BCUT2D eigenvalue weighted by molar-refractivity contribution is -0.116. The highest BCUT2D eigenvalue weighted by Gasteiger charge is 2.35. The number of aromatic nitrogens is 4. The molecule has 0 radical (unpaired) electrons. The Morgan fingerprint density at radius 3 is 2.62 bits per heavy atom. The molecule has 0 N–H and O–H groups in total. The summed E-state index contributed by atoms with van der Waals surface area (Å²) in [6, 6.07) is 15.9. The zero-order valence-corrected chi connectivity index (χ0v) is 17.8. The lowest BCUT2D eigenvalue weighted by atomic mass is 9.88. The summed E-state index contributed by atoms with van der Waals surface area (Å²) in [6.45, 7) is 8.28. The molecule has 0 bridgehead atoms. The summed E-state index contributed by atoms with van der Waals surface area (Å²) >= 11 is 1.35. The summed E-state index contributed by atoms with van der Waals surface area (Å²) in [5.74, 6) is 0.273. The largest absolute Gasteiger partial charge is 0.302 e. The van der Waals surface area contributed by atoms with Gasteiger partial charge in [-0.3, -0.25) is 4.79 Å². The fourth-order valence-corrected chi connectivity index (χ4v) is 4.53. The van der Waals surface area contributed by atoms with Crippen LogP contribution in [0.2, 0.25) is 0 Å². The first kappa shape index (κ1) is 19.4. The molecule has 0 fully saturated rings. The molecule has 1 amide bonds. The molecule has 2 aromatic carbocycles. The third kappa shape index (κ3) is 3.70. The van der Waals surface area contributed by atoms with Crippen LogP contribution in [-0.4, -0.2) is 37.4 Å². The van der Waals surface area contributed by atoms with E-state index in [-0.39, 0.29) is 11.7 Å². The summed E-state index contributed by atoms with van der Waals surface area (Å²) in [6.07, 6.45) is 2.15. The van der Waals surface area contributed by atoms with Crippen molar-refractivity contribution in [1.82, 2.24) is 20.2 Å². The van der Waals surface area contributed by atoms with E-state index in [1.54, 1.807) is 4.68 Å². The molecule has 1 aliphatic rings. The Kier molecular flexibility index (Phi) is 5.00. The maximum Gasteiger partial charge on any atom is 0.238 e. The Hall–Kier alpha value is -2.93. The van der Waals surface area contributed by atoms with Gasteiger partial charge in [-0.05, 0) is 67.5 Å². The van der Waals surface area contributed by atoms with Gasteiger partial charge in [0.1, 0.15) is 0 Å². The fraction of sp³-hybridized carbons (Fsp3) is 0.273. The number of para-hydroxylation sites is 1. The molecule has 2 heterocycles. The Labute approximate surface area is 174 Å². The monoisotopic (exact) mass is 405 g/mol. The number of anilines is 1. The van der Waals surface area contributed by atoms with Gasteiger partial charge in [0.05, 0.1) is 22.7 Å². The van der Waals surface area contributed by atoms with E-state index < -0.39 is 5.54 Å². The third-order valence-electron chi connectivity index (χ3n) is 4.98. The number of carbonyl (C=O) groups is 1. The molecule has 1 aromatic heterocycles. The molecule has 29 heavy (non-hydrogen) atoms. The number of rotatable bonds is 4. The van der Waals surface area contributed by atoms with Crippen molar-refractivity contribution < 1.29 is 4.79 Å². The molecule has 0 spiro atoms. The van der Waals surface area contributed by atoms with E-state index in [1.807, 2.05) is 42.2 Å². The van der Waals surface area contributed by atoms with Crippen molar-refractivity contribution >= 4 is 28.9 Å². The zero-order valence-electron chi connectivity index (χ0n) is 17.0. The number of amides is 1. The highest BCUT2D eigenvalue weighted by Crippen LogP contribution is 2.39. The van der Waals surface area contributed by atoms with Gasteiger partial charge in [0, 0.05) is 5.56 Å². The third-order valence-corrected chi connectivity index (χ3v) is 5.88. The number of allylic oxidation sites excluding steroid dienone is 1. The lowest BCUT2D eigenvalue weighted by Crippen LogP contribution is -2.49. The van der Waals surface area contributed by atoms with Crippen LogP contribution in [0.3, 0.4) is 0 Å². The smallest absolute Gasteiger partial charge is 0.238 e. The minimum Gasteiger partial charge on any atom is -0.302 e. The van der Waals surface area contributed by atoms with E-state index >= 15 is 0 Å². The van der Waals surface area contributed by atoms with Crippen LogP contribution >= 0.6 is 11.8 Å². The molecule has 0 saturated heterocycles. The molecule has 4 rings (SSSR count). The molecule has 3 aromatic rings. The fourth-order valence-electron chi connectivity index (χ4n) is 3.79. The SMILES string of the molecule is CC1=CC(C)(C)N(C(=O)CSc2nnnn2-c2ccccc2)c2cc(C)ccc21. The van der Waals surface area contributed by atoms with Crippen LogP contribution in [0.4, 0.5) is 5.69 Å². The van der Waals surface area contributed by atoms with Gasteiger partial charge in [0.2, 0.25) is 11.1 Å². The van der Waals surface area contributed by atoms with Crippen LogP contribution in [-0.2, 0) is 4.79 Å². The van der Waals surface area contributed by atoms with E-state index in [0.29, 0.717) is 5.16 Å². The number of fused-ring (bicyclic) bond motifs is 1. The predicted octanol–water partition coefficient (Wildman–Crippen LogP) is 4.29. The standard InChI is InChI=1S/C22H23N5OS/c1-15-10-11-18-16(2)13-22(3,4)26(19(18)12-15)20(28)14-29-21-23-24-25-27(21)17-8-6-5-7-9-17/h5-13H,14H2,1-4H3. The van der Waals surface area contributed by atoms with Crippen molar-refractivity contribution in [3.8, 4) is 5.69 Å². The lowest BCUT2D eigenvalue weighted by Gasteiger charge is -2.41. The number of thioether (sulfide) groups is 1. The van der Waals surface area contributed by atoms with Gasteiger partial charge in [0.25, 0.3) is 0 Å². The van der Waals surface area contributed by atoms with Gasteiger partial charge >= 0.3 is 0 Å². The van der Waals surface area contributed by atoms with Crippen molar-refractivity contribution in [2.75, 3.05) is 10.7 Å². The van der Waals surface area contributed by atoms with Gasteiger partial charge < -0.3 is 4.90 Å². The quantitative estimate of drug-likeness (QED) is 0.606. The van der Waals surface area contributed by atoms with Crippen LogP contribution in [0.15, 0.2) is 59.8 Å². The van der Waals surface area contributed by atoms with Crippen molar-refractivity contribution in [1.29, 1.82) is 0 Å². The van der Waals surface area contributed by atoms with Gasteiger partial charge in [-0.25, -0.2) is 0 Å². The molecule has 0 unspecified atom stereocenters. The summed E-state index contributed by atoms with van der Waals surface area (Å²) in [4.78, 5) is 15.2. The molecule has 0 aliphatic carbocycles. The highest BCUT2D eigenvalue weighted by atomic mass is 32.2. The second-order valence-corrected chi connectivity index (χ2v) is 8.67. The second kappa shape index (κ2) is 7.48. The number of hydrogen-bond donors (Lipinski definition) is 0. The molecule has 148 valence electrons. The topological polar surface area (TPSA) is 63.9 Å². The molecule has 1 aliphatic heterocycles. The van der Waals surface area contributed by atoms with Crippen molar-refractivity contribution in [3.05, 3.63) is 65.7 Å². The van der Waals surface area contributed by atoms with E-state index in [1.165, 1.54) is 17.3 Å². The van der Waals surface area contributed by atoms with E-state index in [4.69, 9.17) is 0 Å². The molecular weight excluding hydrogens is 382 g/mol. The van der Waals surface area contributed by atoms with E-state index in [9.17, 15) is 4.79 Å². The summed E-state index contributed by atoms with van der Waals surface area (Å²) < 4.78 is 1.65. The summed E-state index contributed by atoms with van der Waals surface area (Å²) in [5, 5.41) is 12.5. The number of hydrogen-bond acceptors (Lipinski definition) is 5. The van der Waals surface area contributed by atoms with Crippen molar-refractivity contribution in [2.45, 2.75) is 38.4 Å². The molecular formula is C22H23N5OS. The van der Waals surface area contributed by atoms with Gasteiger partial charge in [-0.2, -0.15) is 4.68 Å². The molecule has 0 atom stereocenters. The van der Waals surface area contributed by atoms with Gasteiger partial charge in [-0.1, -0.05) is 48.2 Å². The van der Waals surface area contributed by atoms with Crippen molar-refractivity contribution in [3.63, 3.8) is 0 Å². The first-order valence-corrected chi connectivity index (χ1v) is 10.5. The molecule has 0 saturated carbocycles. The average molecular weight is 406 g/mol. The minimum absolute atomic E-state index is 0.0261. The first-order chi connectivity index (χ1) is 13.9.